The van der Waals surface area contributed by atoms with Crippen LogP contribution in [0.1, 0.15) is 31.2 Å². The van der Waals surface area contributed by atoms with Crippen molar-refractivity contribution in [2.45, 2.75) is 38.6 Å². The molecule has 1 fully saturated rings. The number of nitrogens with zero attached hydrogens (tertiary/aromatic N) is 2. The molecular weight excluding hydrogens is 220 g/mol. The first-order chi connectivity index (χ1) is 7.83. The third kappa shape index (κ3) is 2.49. The Balaban J connectivity index is 2.25. The minimum atomic E-state index is 0.456. The van der Waals surface area contributed by atoms with Crippen LogP contribution in [-0.4, -0.2) is 23.5 Å². The van der Waals surface area contributed by atoms with Gasteiger partial charge in [0.25, 0.3) is 0 Å². The second-order valence-corrected chi connectivity index (χ2v) is 4.80. The summed E-state index contributed by atoms with van der Waals surface area (Å²) in [5.41, 5.74) is 1.25. The number of halogens is 1. The first kappa shape index (κ1) is 11.7. The molecule has 0 bridgehead atoms. The quantitative estimate of drug-likeness (QED) is 0.735. The summed E-state index contributed by atoms with van der Waals surface area (Å²) >= 11 is 6.08. The van der Waals surface area contributed by atoms with Crippen molar-refractivity contribution >= 4 is 17.4 Å². The molecule has 2 heterocycles. The van der Waals surface area contributed by atoms with Crippen molar-refractivity contribution in [3.05, 3.63) is 23.9 Å². The molecule has 1 atom stereocenters. The first-order valence-electron chi connectivity index (χ1n) is 6.07. The zero-order chi connectivity index (χ0) is 11.4. The predicted octanol–water partition coefficient (Wildman–Crippen LogP) is 3.38. The molecule has 2 nitrogen and oxygen atoms in total. The zero-order valence-corrected chi connectivity index (χ0v) is 10.6. The van der Waals surface area contributed by atoms with E-state index < -0.39 is 0 Å². The molecule has 16 heavy (non-hydrogen) atoms. The van der Waals surface area contributed by atoms with E-state index in [1.807, 2.05) is 12.3 Å². The van der Waals surface area contributed by atoms with Gasteiger partial charge in [-0.2, -0.15) is 0 Å². The van der Waals surface area contributed by atoms with Gasteiger partial charge in [-0.3, -0.25) is 0 Å². The minimum Gasteiger partial charge on any atom is -0.352 e. The number of hydrogen-bond donors (Lipinski definition) is 0. The number of aryl methyl sites for hydroxylation is 1. The van der Waals surface area contributed by atoms with Crippen LogP contribution >= 0.6 is 11.6 Å². The van der Waals surface area contributed by atoms with Gasteiger partial charge >= 0.3 is 0 Å². The van der Waals surface area contributed by atoms with E-state index in [9.17, 15) is 0 Å². The fourth-order valence-corrected chi connectivity index (χ4v) is 2.72. The van der Waals surface area contributed by atoms with Gasteiger partial charge in [-0.1, -0.05) is 18.9 Å². The monoisotopic (exact) mass is 238 g/mol. The molecule has 1 saturated heterocycles. The number of hydrogen-bond acceptors (Lipinski definition) is 2. The molecule has 0 radical (unpaired) electrons. The molecule has 0 aromatic carbocycles. The van der Waals surface area contributed by atoms with Crippen molar-refractivity contribution in [1.82, 2.24) is 4.98 Å². The molecule has 2 rings (SSSR count). The van der Waals surface area contributed by atoms with Crippen LogP contribution in [0.4, 0.5) is 5.82 Å². The predicted molar refractivity (Wildman–Crippen MR) is 69.3 cm³/mol. The summed E-state index contributed by atoms with van der Waals surface area (Å²) in [7, 11) is 0. The van der Waals surface area contributed by atoms with E-state index in [1.54, 1.807) is 0 Å². The molecule has 0 N–H and O–H groups in total. The number of alkyl halides is 1. The zero-order valence-electron chi connectivity index (χ0n) is 9.82. The van der Waals surface area contributed by atoms with Crippen molar-refractivity contribution in [2.24, 2.45) is 0 Å². The molecule has 1 aliphatic rings. The normalized spacial score (nSPS) is 21.9. The Morgan fingerprint density at radius 2 is 2.31 bits per heavy atom. The van der Waals surface area contributed by atoms with Crippen molar-refractivity contribution < 1.29 is 0 Å². The number of aromatic nitrogens is 1. The maximum Gasteiger partial charge on any atom is 0.131 e. The molecule has 0 amide bonds. The Morgan fingerprint density at radius 1 is 1.44 bits per heavy atom. The lowest BCUT2D eigenvalue weighted by Gasteiger charge is -2.30. The van der Waals surface area contributed by atoms with E-state index >= 15 is 0 Å². The summed E-state index contributed by atoms with van der Waals surface area (Å²) in [4.78, 5) is 6.91. The average molecular weight is 239 g/mol. The van der Waals surface area contributed by atoms with Crippen LogP contribution in [0.3, 0.4) is 0 Å². The van der Waals surface area contributed by atoms with Crippen molar-refractivity contribution in [3.63, 3.8) is 0 Å². The highest BCUT2D eigenvalue weighted by atomic mass is 35.5. The van der Waals surface area contributed by atoms with Gasteiger partial charge in [-0.15, -0.1) is 11.6 Å². The summed E-state index contributed by atoms with van der Waals surface area (Å²) in [5, 5.41) is 0. The summed E-state index contributed by atoms with van der Waals surface area (Å²) < 4.78 is 0. The highest BCUT2D eigenvalue weighted by molar-refractivity contribution is 6.18. The SMILES string of the molecule is Cc1cccnc1N1CCCCCC1CCl. The molecule has 1 unspecified atom stereocenters. The topological polar surface area (TPSA) is 16.1 Å². The van der Waals surface area contributed by atoms with Gasteiger partial charge in [0.05, 0.1) is 0 Å². The van der Waals surface area contributed by atoms with Crippen LogP contribution < -0.4 is 4.90 Å². The number of rotatable bonds is 2. The molecule has 1 aliphatic heterocycles. The number of pyridine rings is 1. The largest absolute Gasteiger partial charge is 0.352 e. The lowest BCUT2D eigenvalue weighted by atomic mass is 10.1. The Hall–Kier alpha value is -0.760. The van der Waals surface area contributed by atoms with Gasteiger partial charge in [0.2, 0.25) is 0 Å². The number of anilines is 1. The Kier molecular flexibility index (Phi) is 4.05. The van der Waals surface area contributed by atoms with Gasteiger partial charge in [0.15, 0.2) is 0 Å². The average Bonchev–Trinajstić information content (AvgIpc) is 2.54. The molecule has 1 aromatic rings. The summed E-state index contributed by atoms with van der Waals surface area (Å²) in [5.74, 6) is 1.82. The smallest absolute Gasteiger partial charge is 0.131 e. The van der Waals surface area contributed by atoms with E-state index in [0.717, 1.165) is 12.4 Å². The second-order valence-electron chi connectivity index (χ2n) is 4.49. The highest BCUT2D eigenvalue weighted by Crippen LogP contribution is 2.25. The minimum absolute atomic E-state index is 0.456. The van der Waals surface area contributed by atoms with Crippen molar-refractivity contribution in [2.75, 3.05) is 17.3 Å². The third-order valence-electron chi connectivity index (χ3n) is 3.31. The van der Waals surface area contributed by atoms with E-state index in [0.29, 0.717) is 11.9 Å². The molecule has 1 aromatic heterocycles. The fourth-order valence-electron chi connectivity index (χ4n) is 2.39. The second kappa shape index (κ2) is 5.53. The standard InChI is InChI=1S/C13H19ClN2/c1-11-6-5-8-15-13(11)16-9-4-2-3-7-12(16)10-14/h5-6,8,12H,2-4,7,9-10H2,1H3. The molecule has 0 aliphatic carbocycles. The van der Waals surface area contributed by atoms with E-state index in [4.69, 9.17) is 11.6 Å². The van der Waals surface area contributed by atoms with Gasteiger partial charge in [0, 0.05) is 24.7 Å². The van der Waals surface area contributed by atoms with Crippen LogP contribution in [0.25, 0.3) is 0 Å². The molecular formula is C13H19ClN2. The van der Waals surface area contributed by atoms with Crippen LogP contribution in [0.2, 0.25) is 0 Å². The van der Waals surface area contributed by atoms with Crippen LogP contribution in [0, 0.1) is 6.92 Å². The lowest BCUT2D eigenvalue weighted by molar-refractivity contribution is 0.615. The van der Waals surface area contributed by atoms with E-state index in [2.05, 4.69) is 22.9 Å². The van der Waals surface area contributed by atoms with Gasteiger partial charge in [0.1, 0.15) is 5.82 Å². The van der Waals surface area contributed by atoms with Crippen LogP contribution in [0.15, 0.2) is 18.3 Å². The van der Waals surface area contributed by atoms with Gasteiger partial charge in [-0.25, -0.2) is 4.98 Å². The maximum atomic E-state index is 6.08. The Morgan fingerprint density at radius 3 is 3.06 bits per heavy atom. The third-order valence-corrected chi connectivity index (χ3v) is 3.67. The Bertz CT molecular complexity index is 340. The highest BCUT2D eigenvalue weighted by Gasteiger charge is 2.22. The Labute approximate surface area is 103 Å². The van der Waals surface area contributed by atoms with E-state index in [-0.39, 0.29) is 0 Å². The summed E-state index contributed by atoms with van der Waals surface area (Å²) in [6.45, 7) is 3.22. The van der Waals surface area contributed by atoms with E-state index in [1.165, 1.54) is 31.2 Å². The van der Waals surface area contributed by atoms with Gasteiger partial charge < -0.3 is 4.90 Å². The van der Waals surface area contributed by atoms with Crippen LogP contribution in [-0.2, 0) is 0 Å². The van der Waals surface area contributed by atoms with Crippen LogP contribution in [0.5, 0.6) is 0 Å². The first-order valence-corrected chi connectivity index (χ1v) is 6.60. The fraction of sp³-hybridized carbons (Fsp3) is 0.615. The molecule has 0 saturated carbocycles. The summed E-state index contributed by atoms with van der Waals surface area (Å²) in [6.07, 6.45) is 6.93. The summed E-state index contributed by atoms with van der Waals surface area (Å²) in [6, 6.07) is 4.57. The molecule has 3 heteroatoms. The van der Waals surface area contributed by atoms with Crippen molar-refractivity contribution in [3.8, 4) is 0 Å². The maximum absolute atomic E-state index is 6.08. The van der Waals surface area contributed by atoms with Crippen molar-refractivity contribution in [1.29, 1.82) is 0 Å². The lowest BCUT2D eigenvalue weighted by Crippen LogP contribution is -2.37. The molecule has 0 spiro atoms. The molecule has 88 valence electrons. The van der Waals surface area contributed by atoms with Gasteiger partial charge in [-0.05, 0) is 31.4 Å².